The molecule has 0 saturated carbocycles. The highest BCUT2D eigenvalue weighted by Crippen LogP contribution is 2.44. The van der Waals surface area contributed by atoms with Crippen LogP contribution >= 0.6 is 0 Å². The maximum Gasteiger partial charge on any atom is 0.223 e. The molecule has 2 unspecified atom stereocenters. The lowest BCUT2D eigenvalue weighted by Crippen LogP contribution is -2.45. The van der Waals surface area contributed by atoms with Gasteiger partial charge in [-0.2, -0.15) is 5.10 Å². The monoisotopic (exact) mass is 411 g/mol. The number of benzene rings is 1. The number of nitrogens with one attached hydrogen (secondary N) is 2. The summed E-state index contributed by atoms with van der Waals surface area (Å²) >= 11 is 0. The number of allylic oxidation sites excluding steroid dienone is 2. The molecule has 0 bridgehead atoms. The number of amides is 1. The number of anilines is 1. The summed E-state index contributed by atoms with van der Waals surface area (Å²) in [6.45, 7) is 4.55. The maximum absolute atomic E-state index is 16.7. The van der Waals surface area contributed by atoms with Gasteiger partial charge in [0.1, 0.15) is 17.6 Å². The molecule has 2 aliphatic rings. The Hall–Kier alpha value is -2.97. The molecule has 2 aromatic rings. The van der Waals surface area contributed by atoms with E-state index in [4.69, 9.17) is 0 Å². The van der Waals surface area contributed by atoms with Crippen LogP contribution in [0.25, 0.3) is 5.57 Å². The highest BCUT2D eigenvalue weighted by Gasteiger charge is 2.50. The molecule has 158 valence electrons. The van der Waals surface area contributed by atoms with Crippen molar-refractivity contribution in [1.82, 2.24) is 20.4 Å². The normalized spacial score (nSPS) is 24.3. The van der Waals surface area contributed by atoms with Crippen molar-refractivity contribution in [2.75, 3.05) is 31.1 Å². The number of nitrogens with zero attached hydrogens (tertiary/aromatic N) is 3. The van der Waals surface area contributed by atoms with Crippen LogP contribution in [0.2, 0.25) is 0 Å². The molecular formula is C22H26FN5O2. The van der Waals surface area contributed by atoms with Crippen LogP contribution in [0.4, 0.5) is 10.2 Å². The number of aliphatic hydroxyl groups is 1. The van der Waals surface area contributed by atoms with Crippen molar-refractivity contribution >= 4 is 17.3 Å². The predicted octanol–water partition coefficient (Wildman–Crippen LogP) is 1.47. The van der Waals surface area contributed by atoms with Crippen LogP contribution in [-0.4, -0.2) is 53.1 Å². The molecule has 0 radical (unpaired) electrons. The van der Waals surface area contributed by atoms with Crippen molar-refractivity contribution < 1.29 is 14.3 Å². The predicted molar refractivity (Wildman–Crippen MR) is 113 cm³/mol. The number of aromatic nitrogens is 2. The molecule has 1 aromatic heterocycles. The van der Waals surface area contributed by atoms with Gasteiger partial charge in [0.25, 0.3) is 0 Å². The first kappa shape index (κ1) is 20.3. The summed E-state index contributed by atoms with van der Waals surface area (Å²) in [4.78, 5) is 13.9. The van der Waals surface area contributed by atoms with Gasteiger partial charge in [0.15, 0.2) is 0 Å². The minimum atomic E-state index is -2.39. The van der Waals surface area contributed by atoms with E-state index in [0.29, 0.717) is 11.1 Å². The van der Waals surface area contributed by atoms with Crippen molar-refractivity contribution in [3.63, 3.8) is 0 Å². The number of halogens is 1. The summed E-state index contributed by atoms with van der Waals surface area (Å²) in [6.07, 6.45) is 1.62. The first-order chi connectivity index (χ1) is 14.4. The summed E-state index contributed by atoms with van der Waals surface area (Å²) in [7, 11) is 1.76. The van der Waals surface area contributed by atoms with Crippen LogP contribution in [0.5, 0.6) is 0 Å². The van der Waals surface area contributed by atoms with Gasteiger partial charge in [0.05, 0.1) is 5.70 Å². The fourth-order valence-electron chi connectivity index (χ4n) is 4.06. The summed E-state index contributed by atoms with van der Waals surface area (Å²) in [5.41, 5.74) is -1.21. The average Bonchev–Trinajstić information content (AvgIpc) is 3.15. The molecule has 7 nitrogen and oxygen atoms in total. The van der Waals surface area contributed by atoms with E-state index in [0.717, 1.165) is 32.0 Å². The maximum atomic E-state index is 16.7. The van der Waals surface area contributed by atoms with Crippen LogP contribution in [-0.2, 0) is 17.5 Å². The van der Waals surface area contributed by atoms with Gasteiger partial charge in [-0.3, -0.25) is 9.48 Å². The Morgan fingerprint density at radius 3 is 2.63 bits per heavy atom. The smallest absolute Gasteiger partial charge is 0.223 e. The molecule has 8 heteroatoms. The van der Waals surface area contributed by atoms with Crippen molar-refractivity contribution in [3.8, 4) is 0 Å². The molecule has 2 atom stereocenters. The van der Waals surface area contributed by atoms with E-state index in [1.807, 2.05) is 30.3 Å². The average molecular weight is 411 g/mol. The van der Waals surface area contributed by atoms with Crippen LogP contribution in [0.15, 0.2) is 54.2 Å². The van der Waals surface area contributed by atoms with E-state index >= 15 is 4.39 Å². The second-order valence-electron chi connectivity index (χ2n) is 7.61. The Balaban J connectivity index is 1.78. The molecule has 1 saturated heterocycles. The first-order valence-corrected chi connectivity index (χ1v) is 10.0. The largest absolute Gasteiger partial charge is 0.384 e. The van der Waals surface area contributed by atoms with Gasteiger partial charge in [-0.05, 0) is 17.2 Å². The molecule has 1 amide bonds. The number of aliphatic hydroxyl groups excluding tert-OH is 1. The molecule has 3 N–H and O–H groups in total. The number of alkyl halides is 1. The second kappa shape index (κ2) is 8.04. The van der Waals surface area contributed by atoms with E-state index in [1.165, 1.54) is 13.0 Å². The van der Waals surface area contributed by atoms with Gasteiger partial charge in [-0.1, -0.05) is 36.4 Å². The summed E-state index contributed by atoms with van der Waals surface area (Å²) in [5, 5.41) is 21.4. The fourth-order valence-corrected chi connectivity index (χ4v) is 4.06. The third-order valence-electron chi connectivity index (χ3n) is 5.58. The van der Waals surface area contributed by atoms with Crippen LogP contribution in [0.1, 0.15) is 18.2 Å². The lowest BCUT2D eigenvalue weighted by molar-refractivity contribution is -0.119. The topological polar surface area (TPSA) is 82.4 Å². The number of piperazine rings is 1. The lowest BCUT2D eigenvalue weighted by atomic mass is 9.80. The molecular weight excluding hydrogens is 385 g/mol. The van der Waals surface area contributed by atoms with Crippen molar-refractivity contribution in [3.05, 3.63) is 65.5 Å². The first-order valence-electron chi connectivity index (χ1n) is 10.0. The SMILES string of the molecule is CC(=O)NC1=CC=C(c2ccccc2)C(O)C1(F)c1cc(N2CCNCC2)n(C)n1. The second-order valence-corrected chi connectivity index (χ2v) is 7.61. The quantitative estimate of drug-likeness (QED) is 0.710. The molecule has 1 aromatic carbocycles. The summed E-state index contributed by atoms with van der Waals surface area (Å²) < 4.78 is 18.4. The number of carbonyl (C=O) groups is 1. The van der Waals surface area contributed by atoms with Gasteiger partial charge in [-0.25, -0.2) is 4.39 Å². The zero-order valence-corrected chi connectivity index (χ0v) is 17.1. The molecule has 4 rings (SSSR count). The van der Waals surface area contributed by atoms with Gasteiger partial charge in [0, 0.05) is 46.2 Å². The Kier molecular flexibility index (Phi) is 5.44. The van der Waals surface area contributed by atoms with Crippen LogP contribution in [0, 0.1) is 0 Å². The minimum Gasteiger partial charge on any atom is -0.384 e. The van der Waals surface area contributed by atoms with Crippen molar-refractivity contribution in [1.29, 1.82) is 0 Å². The Morgan fingerprint density at radius 1 is 1.27 bits per heavy atom. The highest BCUT2D eigenvalue weighted by molar-refractivity contribution is 5.79. The summed E-state index contributed by atoms with van der Waals surface area (Å²) in [6, 6.07) is 10.8. The van der Waals surface area contributed by atoms with Gasteiger partial charge < -0.3 is 20.6 Å². The van der Waals surface area contributed by atoms with E-state index in [1.54, 1.807) is 23.9 Å². The van der Waals surface area contributed by atoms with E-state index in [-0.39, 0.29) is 11.4 Å². The fraction of sp³-hybridized carbons (Fsp3) is 0.364. The number of aryl methyl sites for hydroxylation is 1. The number of rotatable bonds is 4. The van der Waals surface area contributed by atoms with Crippen LogP contribution in [0.3, 0.4) is 0 Å². The Bertz CT molecular complexity index is 994. The van der Waals surface area contributed by atoms with Gasteiger partial charge in [-0.15, -0.1) is 0 Å². The third kappa shape index (κ3) is 3.53. The van der Waals surface area contributed by atoms with Crippen molar-refractivity contribution in [2.45, 2.75) is 18.7 Å². The van der Waals surface area contributed by atoms with E-state index < -0.39 is 17.7 Å². The summed E-state index contributed by atoms with van der Waals surface area (Å²) in [5.74, 6) is 0.360. The standard InChI is InChI=1S/C22H26FN5O2/c1-15(29)25-18-9-8-17(16-6-4-3-5-7-16)21(30)22(18,23)19-14-20(27(2)26-19)28-12-10-24-11-13-28/h3-9,14,21,24,30H,10-13H2,1-2H3,(H,25,29). The molecule has 0 spiro atoms. The molecule has 1 aliphatic heterocycles. The zero-order chi connectivity index (χ0) is 21.3. The van der Waals surface area contributed by atoms with E-state index in [2.05, 4.69) is 20.6 Å². The Morgan fingerprint density at radius 2 is 1.97 bits per heavy atom. The molecule has 2 heterocycles. The van der Waals surface area contributed by atoms with Gasteiger partial charge >= 0.3 is 0 Å². The molecule has 1 aliphatic carbocycles. The van der Waals surface area contributed by atoms with Crippen LogP contribution < -0.4 is 15.5 Å². The van der Waals surface area contributed by atoms with Crippen molar-refractivity contribution in [2.24, 2.45) is 7.05 Å². The highest BCUT2D eigenvalue weighted by atomic mass is 19.1. The molecule has 30 heavy (non-hydrogen) atoms. The lowest BCUT2D eigenvalue weighted by Gasteiger charge is -2.35. The number of carbonyl (C=O) groups excluding carboxylic acids is 1. The molecule has 1 fully saturated rings. The third-order valence-corrected chi connectivity index (χ3v) is 5.58. The minimum absolute atomic E-state index is 0.0212. The number of hydrogen-bond acceptors (Lipinski definition) is 5. The Labute approximate surface area is 174 Å². The van der Waals surface area contributed by atoms with Gasteiger partial charge in [0.2, 0.25) is 11.6 Å². The number of hydrogen-bond donors (Lipinski definition) is 3. The van der Waals surface area contributed by atoms with E-state index in [9.17, 15) is 9.90 Å². The zero-order valence-electron chi connectivity index (χ0n) is 17.1.